The van der Waals surface area contributed by atoms with E-state index in [-0.39, 0.29) is 5.66 Å². The maximum absolute atomic E-state index is 5.34. The molecule has 1 saturated heterocycles. The van der Waals surface area contributed by atoms with Crippen LogP contribution in [0.4, 0.5) is 5.69 Å². The van der Waals surface area contributed by atoms with E-state index in [1.807, 2.05) is 35.3 Å². The largest absolute Gasteiger partial charge is 0.342 e. The molecule has 1 fully saturated rings. The van der Waals surface area contributed by atoms with Crippen LogP contribution in [0.15, 0.2) is 30.3 Å². The van der Waals surface area contributed by atoms with Crippen molar-refractivity contribution in [2.24, 2.45) is 0 Å². The lowest BCUT2D eigenvalue weighted by Gasteiger charge is -2.24. The molecule has 16 heavy (non-hydrogen) atoms. The van der Waals surface area contributed by atoms with Crippen LogP contribution in [0.1, 0.15) is 26.7 Å². The number of hydrogen-bond acceptors (Lipinski definition) is 2. The zero-order valence-electron chi connectivity index (χ0n) is 9.66. The molecule has 1 unspecified atom stereocenters. The summed E-state index contributed by atoms with van der Waals surface area (Å²) in [5, 5.41) is 6.00. The normalized spacial score (nSPS) is 24.6. The van der Waals surface area contributed by atoms with Gasteiger partial charge in [0.25, 0.3) is 0 Å². The van der Waals surface area contributed by atoms with Gasteiger partial charge in [0.1, 0.15) is 5.66 Å². The number of nitrogens with zero attached hydrogens (tertiary/aromatic N) is 1. The minimum absolute atomic E-state index is 0.123. The lowest BCUT2D eigenvalue weighted by atomic mass is 10.1. The van der Waals surface area contributed by atoms with Crippen molar-refractivity contribution in [3.63, 3.8) is 0 Å². The molecule has 1 aliphatic heterocycles. The van der Waals surface area contributed by atoms with E-state index in [0.29, 0.717) is 0 Å². The minimum Gasteiger partial charge on any atom is -0.342 e. The third kappa shape index (κ3) is 2.18. The fourth-order valence-corrected chi connectivity index (χ4v) is 2.37. The third-order valence-corrected chi connectivity index (χ3v) is 2.99. The molecule has 4 heteroatoms. The first-order valence-corrected chi connectivity index (χ1v) is 6.00. The smallest absolute Gasteiger partial charge is 0.189 e. The average molecular weight is 235 g/mol. The van der Waals surface area contributed by atoms with Crippen molar-refractivity contribution in [2.75, 3.05) is 5.01 Å². The average Bonchev–Trinajstić information content (AvgIpc) is 2.56. The van der Waals surface area contributed by atoms with Crippen LogP contribution in [-0.4, -0.2) is 10.8 Å². The summed E-state index contributed by atoms with van der Waals surface area (Å²) in [5.41, 5.74) is 4.36. The predicted molar refractivity (Wildman–Crippen MR) is 71.1 cm³/mol. The van der Waals surface area contributed by atoms with Crippen LogP contribution >= 0.6 is 12.2 Å². The number of benzene rings is 1. The van der Waals surface area contributed by atoms with Gasteiger partial charge in [0.2, 0.25) is 0 Å². The molecule has 1 aromatic rings. The highest BCUT2D eigenvalue weighted by Gasteiger charge is 2.35. The van der Waals surface area contributed by atoms with Gasteiger partial charge in [-0.05, 0) is 37.7 Å². The fourth-order valence-electron chi connectivity index (χ4n) is 1.99. The maximum Gasteiger partial charge on any atom is 0.189 e. The molecule has 1 heterocycles. The highest BCUT2D eigenvalue weighted by Crippen LogP contribution is 2.21. The Labute approximate surface area is 102 Å². The molecule has 1 aliphatic rings. The molecular weight excluding hydrogens is 218 g/mol. The first-order chi connectivity index (χ1) is 7.64. The molecular formula is C12H17N3S. The van der Waals surface area contributed by atoms with Gasteiger partial charge in [-0.1, -0.05) is 31.5 Å². The molecule has 0 radical (unpaired) electrons. The fraction of sp³-hybridized carbons (Fsp3) is 0.417. The summed E-state index contributed by atoms with van der Waals surface area (Å²) in [6, 6.07) is 10.1. The minimum atomic E-state index is -0.123. The van der Waals surface area contributed by atoms with Crippen LogP contribution in [0.25, 0.3) is 0 Å². The molecule has 3 nitrogen and oxygen atoms in total. The van der Waals surface area contributed by atoms with E-state index >= 15 is 0 Å². The van der Waals surface area contributed by atoms with E-state index in [1.165, 1.54) is 0 Å². The summed E-state index contributed by atoms with van der Waals surface area (Å²) in [7, 11) is 0. The zero-order valence-corrected chi connectivity index (χ0v) is 10.5. The summed E-state index contributed by atoms with van der Waals surface area (Å²) in [6.45, 7) is 4.30. The molecule has 1 aromatic carbocycles. The van der Waals surface area contributed by atoms with Crippen LogP contribution in [0.5, 0.6) is 0 Å². The molecule has 0 spiro atoms. The van der Waals surface area contributed by atoms with Crippen molar-refractivity contribution in [3.8, 4) is 0 Å². The molecule has 2 rings (SSSR count). The van der Waals surface area contributed by atoms with Crippen molar-refractivity contribution in [1.29, 1.82) is 0 Å². The van der Waals surface area contributed by atoms with Crippen molar-refractivity contribution < 1.29 is 0 Å². The van der Waals surface area contributed by atoms with Crippen molar-refractivity contribution in [3.05, 3.63) is 30.3 Å². The molecule has 86 valence electrons. The van der Waals surface area contributed by atoms with Crippen LogP contribution in [0.3, 0.4) is 0 Å². The van der Waals surface area contributed by atoms with E-state index in [4.69, 9.17) is 12.2 Å². The first kappa shape index (κ1) is 11.4. The van der Waals surface area contributed by atoms with E-state index in [9.17, 15) is 0 Å². The first-order valence-electron chi connectivity index (χ1n) is 5.60. The monoisotopic (exact) mass is 235 g/mol. The Hall–Kier alpha value is -1.13. The summed E-state index contributed by atoms with van der Waals surface area (Å²) in [5.74, 6) is 0. The number of para-hydroxylation sites is 1. The number of hydrogen-bond donors (Lipinski definition) is 2. The van der Waals surface area contributed by atoms with Gasteiger partial charge in [0.05, 0.1) is 5.69 Å². The quantitative estimate of drug-likeness (QED) is 0.787. The van der Waals surface area contributed by atoms with E-state index in [0.717, 1.165) is 23.6 Å². The van der Waals surface area contributed by atoms with Gasteiger partial charge in [0, 0.05) is 0 Å². The van der Waals surface area contributed by atoms with E-state index < -0.39 is 0 Å². The lowest BCUT2D eigenvalue weighted by Crippen LogP contribution is -2.48. The van der Waals surface area contributed by atoms with Crippen molar-refractivity contribution in [1.82, 2.24) is 10.7 Å². The number of thiocarbonyl (C=S) groups is 1. The molecule has 2 N–H and O–H groups in total. The van der Waals surface area contributed by atoms with Gasteiger partial charge in [-0.3, -0.25) is 5.01 Å². The Bertz CT molecular complexity index is 379. The zero-order chi connectivity index (χ0) is 11.6. The third-order valence-electron chi connectivity index (χ3n) is 2.71. The summed E-state index contributed by atoms with van der Waals surface area (Å²) in [6.07, 6.45) is 2.15. The van der Waals surface area contributed by atoms with E-state index in [2.05, 4.69) is 24.6 Å². The van der Waals surface area contributed by atoms with Gasteiger partial charge >= 0.3 is 0 Å². The van der Waals surface area contributed by atoms with Gasteiger partial charge < -0.3 is 5.32 Å². The second-order valence-electron chi connectivity index (χ2n) is 4.30. The van der Waals surface area contributed by atoms with Crippen LogP contribution in [0, 0.1) is 0 Å². The molecule has 0 aliphatic carbocycles. The van der Waals surface area contributed by atoms with Crippen molar-refractivity contribution in [2.45, 2.75) is 32.4 Å². The van der Waals surface area contributed by atoms with E-state index in [1.54, 1.807) is 0 Å². The van der Waals surface area contributed by atoms with Crippen LogP contribution in [-0.2, 0) is 0 Å². The molecule has 0 saturated carbocycles. The summed E-state index contributed by atoms with van der Waals surface area (Å²) in [4.78, 5) is 0. The number of hydrazine groups is 1. The maximum atomic E-state index is 5.34. The van der Waals surface area contributed by atoms with Crippen LogP contribution in [0.2, 0.25) is 0 Å². The van der Waals surface area contributed by atoms with Gasteiger partial charge in [-0.15, -0.1) is 0 Å². The van der Waals surface area contributed by atoms with Crippen molar-refractivity contribution >= 4 is 23.0 Å². The van der Waals surface area contributed by atoms with Gasteiger partial charge in [-0.2, -0.15) is 0 Å². The van der Waals surface area contributed by atoms with Crippen LogP contribution < -0.4 is 15.8 Å². The highest BCUT2D eigenvalue weighted by molar-refractivity contribution is 7.80. The molecule has 0 aromatic heterocycles. The Morgan fingerprint density at radius 2 is 2.00 bits per heavy atom. The Morgan fingerprint density at radius 3 is 2.62 bits per heavy atom. The van der Waals surface area contributed by atoms with Gasteiger partial charge in [0.15, 0.2) is 5.11 Å². The molecule has 0 amide bonds. The standard InChI is InChI=1S/C12H17N3S/c1-3-9-12(2)13-11(16)15(14-12)10-7-5-4-6-8-10/h4-8,14H,3,9H2,1-2H3,(H,13,16). The lowest BCUT2D eigenvalue weighted by molar-refractivity contribution is 0.344. The second-order valence-corrected chi connectivity index (χ2v) is 4.68. The number of anilines is 1. The molecule has 1 atom stereocenters. The summed E-state index contributed by atoms with van der Waals surface area (Å²) >= 11 is 5.34. The SMILES string of the molecule is CCCC1(C)NC(=S)N(c2ccccc2)N1. The molecule has 0 bridgehead atoms. The second kappa shape index (κ2) is 4.39. The Balaban J connectivity index is 2.17. The summed E-state index contributed by atoms with van der Waals surface area (Å²) < 4.78 is 0. The van der Waals surface area contributed by atoms with Gasteiger partial charge in [-0.25, -0.2) is 5.43 Å². The number of nitrogens with one attached hydrogen (secondary N) is 2. The predicted octanol–water partition coefficient (Wildman–Crippen LogP) is 2.40. The highest BCUT2D eigenvalue weighted by atomic mass is 32.1. The Kier molecular flexibility index (Phi) is 3.12. The Morgan fingerprint density at radius 1 is 1.31 bits per heavy atom. The number of rotatable bonds is 3. The topological polar surface area (TPSA) is 27.3 Å².